The van der Waals surface area contributed by atoms with Crippen LogP contribution >= 0.6 is 11.3 Å². The van der Waals surface area contributed by atoms with Crippen molar-refractivity contribution in [1.82, 2.24) is 4.98 Å². The Bertz CT molecular complexity index is 554. The van der Waals surface area contributed by atoms with Crippen molar-refractivity contribution in [2.24, 2.45) is 0 Å². The number of aromatic nitrogens is 1. The summed E-state index contributed by atoms with van der Waals surface area (Å²) in [4.78, 5) is 8.14. The van der Waals surface area contributed by atoms with Crippen LogP contribution in [0.3, 0.4) is 0 Å². The number of nitriles is 1. The fourth-order valence-electron chi connectivity index (χ4n) is 2.44. The molecule has 4 heteroatoms. The minimum Gasteiger partial charge on any atom is -0.349 e. The third-order valence-corrected chi connectivity index (χ3v) is 4.27. The summed E-state index contributed by atoms with van der Waals surface area (Å²) in [6.45, 7) is 1.04. The third-order valence-electron chi connectivity index (χ3n) is 3.30. The molecule has 2 aromatic rings. The zero-order valence-corrected chi connectivity index (χ0v) is 10.7. The summed E-state index contributed by atoms with van der Waals surface area (Å²) in [6.07, 6.45) is 4.03. The van der Waals surface area contributed by atoms with E-state index in [4.69, 9.17) is 5.26 Å². The summed E-state index contributed by atoms with van der Waals surface area (Å²) in [5.41, 5.74) is 0.616. The molecule has 3 rings (SSSR count). The Morgan fingerprint density at radius 1 is 1.39 bits per heavy atom. The Morgan fingerprint density at radius 3 is 3.00 bits per heavy atom. The first-order valence-electron chi connectivity index (χ1n) is 6.04. The van der Waals surface area contributed by atoms with E-state index in [2.05, 4.69) is 33.5 Å². The maximum Gasteiger partial charge on any atom is 0.129 e. The Kier molecular flexibility index (Phi) is 2.99. The van der Waals surface area contributed by atoms with Crippen molar-refractivity contribution in [3.05, 3.63) is 46.3 Å². The number of anilines is 1. The van der Waals surface area contributed by atoms with Gasteiger partial charge in [-0.1, -0.05) is 6.07 Å². The highest BCUT2D eigenvalue weighted by atomic mass is 32.1. The number of thiophene rings is 1. The molecular formula is C14H13N3S. The van der Waals surface area contributed by atoms with E-state index in [0.29, 0.717) is 11.6 Å². The van der Waals surface area contributed by atoms with Crippen molar-refractivity contribution < 1.29 is 0 Å². The van der Waals surface area contributed by atoms with E-state index in [1.807, 2.05) is 12.1 Å². The minimum atomic E-state index is 0.449. The monoisotopic (exact) mass is 255 g/mol. The number of nitrogens with zero attached hydrogens (tertiary/aromatic N) is 3. The van der Waals surface area contributed by atoms with Crippen LogP contribution in [0.2, 0.25) is 0 Å². The second kappa shape index (κ2) is 4.79. The molecule has 0 radical (unpaired) electrons. The summed E-state index contributed by atoms with van der Waals surface area (Å²) in [5, 5.41) is 10.9. The van der Waals surface area contributed by atoms with Crippen LogP contribution in [0, 0.1) is 11.3 Å². The van der Waals surface area contributed by atoms with Gasteiger partial charge in [0.1, 0.15) is 11.9 Å². The lowest BCUT2D eigenvalue weighted by atomic mass is 10.2. The fraction of sp³-hybridized carbons (Fsp3) is 0.286. The summed E-state index contributed by atoms with van der Waals surface area (Å²) < 4.78 is 0. The second-order valence-corrected chi connectivity index (χ2v) is 5.36. The Labute approximate surface area is 110 Å². The van der Waals surface area contributed by atoms with Gasteiger partial charge in [-0.15, -0.1) is 11.3 Å². The first kappa shape index (κ1) is 11.2. The quantitative estimate of drug-likeness (QED) is 0.826. The van der Waals surface area contributed by atoms with Crippen LogP contribution in [0.4, 0.5) is 5.82 Å². The summed E-state index contributed by atoms with van der Waals surface area (Å²) >= 11 is 1.80. The number of hydrogen-bond acceptors (Lipinski definition) is 4. The average Bonchev–Trinajstić information content (AvgIpc) is 3.09. The maximum atomic E-state index is 8.79. The molecule has 1 fully saturated rings. The van der Waals surface area contributed by atoms with E-state index in [1.165, 1.54) is 17.7 Å². The van der Waals surface area contributed by atoms with E-state index in [-0.39, 0.29) is 0 Å². The smallest absolute Gasteiger partial charge is 0.129 e. The molecule has 1 atom stereocenters. The molecular weight excluding hydrogens is 242 g/mol. The van der Waals surface area contributed by atoms with E-state index in [1.54, 1.807) is 17.5 Å². The van der Waals surface area contributed by atoms with Crippen molar-refractivity contribution >= 4 is 17.2 Å². The highest BCUT2D eigenvalue weighted by molar-refractivity contribution is 7.10. The van der Waals surface area contributed by atoms with Crippen molar-refractivity contribution in [3.63, 3.8) is 0 Å². The zero-order valence-electron chi connectivity index (χ0n) is 9.91. The number of pyridine rings is 1. The zero-order chi connectivity index (χ0) is 12.4. The lowest BCUT2D eigenvalue weighted by Gasteiger charge is -2.24. The molecule has 0 N–H and O–H groups in total. The maximum absolute atomic E-state index is 8.79. The number of hydrogen-bond donors (Lipinski definition) is 0. The fourth-order valence-corrected chi connectivity index (χ4v) is 3.31. The van der Waals surface area contributed by atoms with Gasteiger partial charge in [-0.25, -0.2) is 4.98 Å². The minimum absolute atomic E-state index is 0.449. The molecule has 0 amide bonds. The molecule has 0 saturated carbocycles. The average molecular weight is 255 g/mol. The first-order valence-corrected chi connectivity index (χ1v) is 6.92. The van der Waals surface area contributed by atoms with Gasteiger partial charge >= 0.3 is 0 Å². The van der Waals surface area contributed by atoms with Gasteiger partial charge in [0, 0.05) is 17.6 Å². The molecule has 3 heterocycles. The predicted octanol–water partition coefficient (Wildman–Crippen LogP) is 3.36. The highest BCUT2D eigenvalue weighted by Gasteiger charge is 2.27. The lowest BCUT2D eigenvalue weighted by Crippen LogP contribution is -2.22. The van der Waals surface area contributed by atoms with Crippen molar-refractivity contribution in [2.45, 2.75) is 18.9 Å². The second-order valence-electron chi connectivity index (χ2n) is 4.38. The van der Waals surface area contributed by atoms with Gasteiger partial charge in [0.2, 0.25) is 0 Å². The molecule has 0 aliphatic carbocycles. The van der Waals surface area contributed by atoms with Crippen molar-refractivity contribution in [2.75, 3.05) is 11.4 Å². The van der Waals surface area contributed by atoms with Crippen LogP contribution in [0.25, 0.3) is 0 Å². The third kappa shape index (κ3) is 1.98. The standard InChI is InChI=1S/C14H13N3S/c15-9-11-5-6-14(16-10-11)17-7-1-3-12(17)13-4-2-8-18-13/h2,4-6,8,10,12H,1,3,7H2/t12-/m0/s1. The van der Waals surface area contributed by atoms with E-state index in [0.717, 1.165) is 12.4 Å². The van der Waals surface area contributed by atoms with E-state index in [9.17, 15) is 0 Å². The van der Waals surface area contributed by atoms with E-state index >= 15 is 0 Å². The Morgan fingerprint density at radius 2 is 2.33 bits per heavy atom. The molecule has 0 bridgehead atoms. The molecule has 0 unspecified atom stereocenters. The van der Waals surface area contributed by atoms with Crippen LogP contribution in [-0.2, 0) is 0 Å². The molecule has 1 aliphatic rings. The normalized spacial score (nSPS) is 18.8. The van der Waals surface area contributed by atoms with Crippen molar-refractivity contribution in [1.29, 1.82) is 5.26 Å². The van der Waals surface area contributed by atoms with Gasteiger partial charge < -0.3 is 4.90 Å². The molecule has 90 valence electrons. The predicted molar refractivity (Wildman–Crippen MR) is 72.6 cm³/mol. The SMILES string of the molecule is N#Cc1ccc(N2CCC[C@H]2c2cccs2)nc1. The molecule has 2 aromatic heterocycles. The Balaban J connectivity index is 1.88. The Hall–Kier alpha value is -1.86. The molecule has 0 spiro atoms. The van der Waals surface area contributed by atoms with Crippen molar-refractivity contribution in [3.8, 4) is 6.07 Å². The summed E-state index contributed by atoms with van der Waals surface area (Å²) in [5.74, 6) is 0.977. The molecule has 18 heavy (non-hydrogen) atoms. The van der Waals surface area contributed by atoms with Gasteiger partial charge in [0.05, 0.1) is 11.6 Å². The van der Waals surface area contributed by atoms with E-state index < -0.39 is 0 Å². The van der Waals surface area contributed by atoms with Crippen LogP contribution in [0.1, 0.15) is 29.3 Å². The molecule has 3 nitrogen and oxygen atoms in total. The van der Waals surface area contributed by atoms with Crippen LogP contribution < -0.4 is 4.90 Å². The topological polar surface area (TPSA) is 39.9 Å². The molecule has 0 aromatic carbocycles. The number of rotatable bonds is 2. The lowest BCUT2D eigenvalue weighted by molar-refractivity contribution is 0.725. The van der Waals surface area contributed by atoms with Gasteiger partial charge in [0.25, 0.3) is 0 Å². The van der Waals surface area contributed by atoms with Gasteiger partial charge in [-0.05, 0) is 36.4 Å². The molecule has 1 saturated heterocycles. The van der Waals surface area contributed by atoms with Gasteiger partial charge in [-0.3, -0.25) is 0 Å². The van der Waals surface area contributed by atoms with Gasteiger partial charge in [0.15, 0.2) is 0 Å². The summed E-state index contributed by atoms with van der Waals surface area (Å²) in [7, 11) is 0. The highest BCUT2D eigenvalue weighted by Crippen LogP contribution is 2.36. The summed E-state index contributed by atoms with van der Waals surface area (Å²) in [6, 6.07) is 10.6. The van der Waals surface area contributed by atoms with Crippen LogP contribution in [0.15, 0.2) is 35.8 Å². The van der Waals surface area contributed by atoms with Crippen LogP contribution in [-0.4, -0.2) is 11.5 Å². The molecule has 1 aliphatic heterocycles. The van der Waals surface area contributed by atoms with Crippen LogP contribution in [0.5, 0.6) is 0 Å². The largest absolute Gasteiger partial charge is 0.349 e. The van der Waals surface area contributed by atoms with Gasteiger partial charge in [-0.2, -0.15) is 5.26 Å². The first-order chi connectivity index (χ1) is 8.88.